The van der Waals surface area contributed by atoms with Crippen molar-refractivity contribution in [2.24, 2.45) is 5.92 Å². The standard InChI is InChI=1S/C28H32BFN2O2S2/c1-7-17(2)8-9-18-10-11-19(22(30)16-18)23-14-15-24(35-23)20-12-13-21(26-25(20)31-36-32-26)29-33-27(3,4)28(5,6)34-29/h10-17H,7-9H2,1-6H3. The molecule has 0 aliphatic carbocycles. The molecule has 8 heteroatoms. The highest BCUT2D eigenvalue weighted by molar-refractivity contribution is 7.19. The Bertz CT molecular complexity index is 1380. The molecule has 4 nitrogen and oxygen atoms in total. The molecule has 1 saturated heterocycles. The highest BCUT2D eigenvalue weighted by Gasteiger charge is 2.52. The van der Waals surface area contributed by atoms with Gasteiger partial charge in [-0.25, -0.2) is 4.39 Å². The lowest BCUT2D eigenvalue weighted by Gasteiger charge is -2.32. The average Bonchev–Trinajstić information content (AvgIpc) is 3.55. The zero-order chi connectivity index (χ0) is 25.7. The lowest BCUT2D eigenvalue weighted by molar-refractivity contribution is 0.00578. The van der Waals surface area contributed by atoms with Gasteiger partial charge < -0.3 is 9.31 Å². The zero-order valence-corrected chi connectivity index (χ0v) is 23.4. The van der Waals surface area contributed by atoms with Gasteiger partial charge in [-0.3, -0.25) is 0 Å². The lowest BCUT2D eigenvalue weighted by Crippen LogP contribution is -2.41. The van der Waals surface area contributed by atoms with Crippen molar-refractivity contribution in [2.75, 3.05) is 0 Å². The summed E-state index contributed by atoms with van der Waals surface area (Å²) >= 11 is 2.75. The van der Waals surface area contributed by atoms with Gasteiger partial charge in [0.15, 0.2) is 0 Å². The molecule has 0 bridgehead atoms. The van der Waals surface area contributed by atoms with E-state index >= 15 is 4.39 Å². The molecule has 4 aromatic rings. The van der Waals surface area contributed by atoms with Crippen molar-refractivity contribution in [2.45, 2.75) is 72.0 Å². The van der Waals surface area contributed by atoms with Gasteiger partial charge in [0.05, 0.1) is 22.9 Å². The molecular formula is C28H32BFN2O2S2. The van der Waals surface area contributed by atoms with Crippen LogP contribution in [0.5, 0.6) is 0 Å². The Hall–Kier alpha value is -2.13. The van der Waals surface area contributed by atoms with E-state index < -0.39 is 18.3 Å². The molecule has 1 aliphatic heterocycles. The minimum absolute atomic E-state index is 0.165. The Kier molecular flexibility index (Phi) is 6.83. The second kappa shape index (κ2) is 9.64. The van der Waals surface area contributed by atoms with E-state index in [2.05, 4.69) is 28.7 Å². The van der Waals surface area contributed by atoms with Gasteiger partial charge in [0.25, 0.3) is 0 Å². The Morgan fingerprint density at radius 3 is 2.22 bits per heavy atom. The number of nitrogens with zero attached hydrogens (tertiary/aromatic N) is 2. The molecule has 36 heavy (non-hydrogen) atoms. The second-order valence-electron chi connectivity index (χ2n) is 10.8. The Morgan fingerprint density at radius 1 is 0.917 bits per heavy atom. The first kappa shape index (κ1) is 25.5. The number of hydrogen-bond acceptors (Lipinski definition) is 6. The Labute approximate surface area is 221 Å². The molecule has 0 saturated carbocycles. The van der Waals surface area contributed by atoms with Gasteiger partial charge >= 0.3 is 7.12 Å². The number of aromatic nitrogens is 2. The topological polar surface area (TPSA) is 44.2 Å². The van der Waals surface area contributed by atoms with Gasteiger partial charge in [-0.2, -0.15) is 8.75 Å². The second-order valence-corrected chi connectivity index (χ2v) is 12.4. The average molecular weight is 523 g/mol. The molecule has 5 rings (SSSR count). The van der Waals surface area contributed by atoms with Crippen LogP contribution in [0.1, 0.15) is 59.9 Å². The van der Waals surface area contributed by atoms with Gasteiger partial charge in [-0.05, 0) is 70.2 Å². The van der Waals surface area contributed by atoms with Crippen molar-refractivity contribution in [1.29, 1.82) is 0 Å². The largest absolute Gasteiger partial charge is 0.497 e. The number of fused-ring (bicyclic) bond motifs is 1. The maximum atomic E-state index is 15.1. The highest BCUT2D eigenvalue weighted by atomic mass is 32.1. The molecule has 1 fully saturated rings. The lowest BCUT2D eigenvalue weighted by atomic mass is 9.77. The number of rotatable bonds is 7. The number of benzene rings is 2. The molecule has 0 amide bonds. The number of halogens is 1. The fraction of sp³-hybridized carbons (Fsp3) is 0.429. The van der Waals surface area contributed by atoms with E-state index in [4.69, 9.17) is 9.31 Å². The molecule has 1 aliphatic rings. The van der Waals surface area contributed by atoms with E-state index in [0.717, 1.165) is 56.6 Å². The summed E-state index contributed by atoms with van der Waals surface area (Å²) in [6.07, 6.45) is 3.14. The third kappa shape index (κ3) is 4.65. The summed E-state index contributed by atoms with van der Waals surface area (Å²) in [5, 5.41) is 0. The molecule has 0 N–H and O–H groups in total. The molecule has 1 atom stereocenters. The predicted molar refractivity (Wildman–Crippen MR) is 150 cm³/mol. The summed E-state index contributed by atoms with van der Waals surface area (Å²) in [4.78, 5) is 1.94. The van der Waals surface area contributed by atoms with E-state index in [0.29, 0.717) is 11.5 Å². The van der Waals surface area contributed by atoms with E-state index in [1.54, 1.807) is 17.4 Å². The summed E-state index contributed by atoms with van der Waals surface area (Å²) in [5.74, 6) is 0.488. The van der Waals surface area contributed by atoms with Crippen LogP contribution in [0.4, 0.5) is 4.39 Å². The first-order valence-corrected chi connectivity index (χ1v) is 14.1. The van der Waals surface area contributed by atoms with Crippen LogP contribution in [0.25, 0.3) is 31.9 Å². The SMILES string of the molecule is CCC(C)CCc1ccc(-c2ccc(-c3ccc(B4OC(C)(C)C(C)(C)O4)c4nsnc34)s2)c(F)c1. The normalized spacial score (nSPS) is 17.7. The van der Waals surface area contributed by atoms with E-state index in [-0.39, 0.29) is 5.82 Å². The number of aryl methyl sites for hydroxylation is 1. The minimum atomic E-state index is -0.498. The van der Waals surface area contributed by atoms with Gasteiger partial charge in [0, 0.05) is 26.3 Å². The highest BCUT2D eigenvalue weighted by Crippen LogP contribution is 2.40. The van der Waals surface area contributed by atoms with Crippen LogP contribution in [-0.2, 0) is 15.7 Å². The van der Waals surface area contributed by atoms with Crippen molar-refractivity contribution < 1.29 is 13.7 Å². The fourth-order valence-corrected chi connectivity index (χ4v) is 6.04. The van der Waals surface area contributed by atoms with Crippen LogP contribution in [0, 0.1) is 11.7 Å². The predicted octanol–water partition coefficient (Wildman–Crippen LogP) is 7.50. The summed E-state index contributed by atoms with van der Waals surface area (Å²) < 4.78 is 36.8. The van der Waals surface area contributed by atoms with Crippen LogP contribution in [0.3, 0.4) is 0 Å². The third-order valence-electron chi connectivity index (χ3n) is 7.75. The first-order chi connectivity index (χ1) is 17.1. The van der Waals surface area contributed by atoms with Gasteiger partial charge in [0.2, 0.25) is 0 Å². The van der Waals surface area contributed by atoms with Crippen molar-refractivity contribution in [3.05, 3.63) is 53.8 Å². The number of hydrogen-bond donors (Lipinski definition) is 0. The summed E-state index contributed by atoms with van der Waals surface area (Å²) in [6, 6.07) is 13.8. The maximum absolute atomic E-state index is 15.1. The summed E-state index contributed by atoms with van der Waals surface area (Å²) in [7, 11) is -0.498. The van der Waals surface area contributed by atoms with Crippen LogP contribution in [-0.4, -0.2) is 27.1 Å². The molecule has 1 unspecified atom stereocenters. The Balaban J connectivity index is 1.43. The van der Waals surface area contributed by atoms with Crippen LogP contribution >= 0.6 is 23.1 Å². The molecule has 0 radical (unpaired) electrons. The zero-order valence-electron chi connectivity index (χ0n) is 21.7. The smallest absolute Gasteiger partial charge is 0.399 e. The molecule has 188 valence electrons. The molecule has 0 spiro atoms. The first-order valence-electron chi connectivity index (χ1n) is 12.6. The molecular weight excluding hydrogens is 490 g/mol. The van der Waals surface area contributed by atoms with Crippen molar-refractivity contribution >= 4 is 46.7 Å². The quantitative estimate of drug-likeness (QED) is 0.236. The molecule has 2 aromatic carbocycles. The van der Waals surface area contributed by atoms with Crippen molar-refractivity contribution in [1.82, 2.24) is 8.75 Å². The maximum Gasteiger partial charge on any atom is 0.497 e. The van der Waals surface area contributed by atoms with Gasteiger partial charge in [0.1, 0.15) is 16.9 Å². The monoisotopic (exact) mass is 522 g/mol. The van der Waals surface area contributed by atoms with Crippen LogP contribution in [0.2, 0.25) is 0 Å². The Morgan fingerprint density at radius 2 is 1.56 bits per heavy atom. The summed E-state index contributed by atoms with van der Waals surface area (Å²) in [6.45, 7) is 12.6. The van der Waals surface area contributed by atoms with Gasteiger partial charge in [-0.15, -0.1) is 11.3 Å². The number of thiophene rings is 1. The van der Waals surface area contributed by atoms with Crippen LogP contribution < -0.4 is 5.46 Å². The summed E-state index contributed by atoms with van der Waals surface area (Å²) in [5.41, 5.74) is 4.33. The van der Waals surface area contributed by atoms with Crippen molar-refractivity contribution in [3.63, 3.8) is 0 Å². The van der Waals surface area contributed by atoms with E-state index in [9.17, 15) is 0 Å². The fourth-order valence-electron chi connectivity index (χ4n) is 4.40. The van der Waals surface area contributed by atoms with E-state index in [1.165, 1.54) is 11.7 Å². The van der Waals surface area contributed by atoms with Crippen molar-refractivity contribution in [3.8, 4) is 20.9 Å². The van der Waals surface area contributed by atoms with Gasteiger partial charge in [-0.1, -0.05) is 44.5 Å². The molecule has 3 heterocycles. The molecule has 2 aromatic heterocycles. The minimum Gasteiger partial charge on any atom is -0.399 e. The third-order valence-corrected chi connectivity index (χ3v) is 9.43. The van der Waals surface area contributed by atoms with Crippen LogP contribution in [0.15, 0.2) is 42.5 Å². The van der Waals surface area contributed by atoms with E-state index in [1.807, 2.05) is 58.0 Å².